The fourth-order valence-electron chi connectivity index (χ4n) is 4.03. The lowest BCUT2D eigenvalue weighted by atomic mass is 9.88. The van der Waals surface area contributed by atoms with Crippen LogP contribution in [0.3, 0.4) is 0 Å². The van der Waals surface area contributed by atoms with Gasteiger partial charge in [-0.25, -0.2) is 0 Å². The Labute approximate surface area is 136 Å². The van der Waals surface area contributed by atoms with Gasteiger partial charge in [-0.3, -0.25) is 4.79 Å². The molecule has 118 valence electrons. The molecule has 0 aliphatic heterocycles. The van der Waals surface area contributed by atoms with Crippen LogP contribution in [0.15, 0.2) is 54.6 Å². The van der Waals surface area contributed by atoms with Crippen molar-refractivity contribution in [2.75, 3.05) is 5.32 Å². The van der Waals surface area contributed by atoms with Crippen molar-refractivity contribution in [3.63, 3.8) is 0 Å². The molecular formula is C20H21NO2. The van der Waals surface area contributed by atoms with Crippen molar-refractivity contribution in [1.29, 1.82) is 0 Å². The van der Waals surface area contributed by atoms with Crippen molar-refractivity contribution in [3.05, 3.63) is 54.6 Å². The van der Waals surface area contributed by atoms with E-state index in [1.165, 1.54) is 19.3 Å². The van der Waals surface area contributed by atoms with Crippen LogP contribution in [0.4, 0.5) is 5.69 Å². The SMILES string of the molecule is O=C(Nc1ccc(Oc2ccccc2)cc1)[C@@H]1C[C@H]2CC[C@@H]1C2. The molecule has 2 fully saturated rings. The zero-order chi connectivity index (χ0) is 15.6. The lowest BCUT2D eigenvalue weighted by molar-refractivity contribution is -0.121. The summed E-state index contributed by atoms with van der Waals surface area (Å²) in [7, 11) is 0. The number of hydrogen-bond donors (Lipinski definition) is 1. The third-order valence-corrected chi connectivity index (χ3v) is 5.18. The molecular weight excluding hydrogens is 286 g/mol. The number of carbonyl (C=O) groups is 1. The minimum atomic E-state index is 0.189. The fraction of sp³-hybridized carbons (Fsp3) is 0.350. The molecule has 0 spiro atoms. The van der Waals surface area contributed by atoms with E-state index in [1.54, 1.807) is 0 Å². The molecule has 2 aliphatic rings. The average Bonchev–Trinajstić information content (AvgIpc) is 3.21. The molecule has 0 unspecified atom stereocenters. The zero-order valence-electron chi connectivity index (χ0n) is 13.1. The number of fused-ring (bicyclic) bond motifs is 2. The molecule has 2 saturated carbocycles. The van der Waals surface area contributed by atoms with Gasteiger partial charge in [0.15, 0.2) is 0 Å². The highest BCUT2D eigenvalue weighted by molar-refractivity contribution is 5.93. The Bertz CT molecular complexity index is 681. The van der Waals surface area contributed by atoms with Crippen LogP contribution in [0.2, 0.25) is 0 Å². The molecule has 3 nitrogen and oxygen atoms in total. The average molecular weight is 307 g/mol. The van der Waals surface area contributed by atoms with Gasteiger partial charge in [0.05, 0.1) is 0 Å². The Morgan fingerprint density at radius 1 is 0.913 bits per heavy atom. The van der Waals surface area contributed by atoms with Crippen LogP contribution in [0, 0.1) is 17.8 Å². The number of para-hydroxylation sites is 1. The fourth-order valence-corrected chi connectivity index (χ4v) is 4.03. The van der Waals surface area contributed by atoms with Crippen molar-refractivity contribution in [3.8, 4) is 11.5 Å². The third-order valence-electron chi connectivity index (χ3n) is 5.18. The molecule has 4 rings (SSSR count). The maximum atomic E-state index is 12.4. The van der Waals surface area contributed by atoms with Crippen LogP contribution in [-0.4, -0.2) is 5.91 Å². The molecule has 1 N–H and O–H groups in total. The first-order valence-corrected chi connectivity index (χ1v) is 8.42. The molecule has 1 amide bonds. The largest absolute Gasteiger partial charge is 0.457 e. The number of ether oxygens (including phenoxy) is 1. The molecule has 2 aromatic rings. The van der Waals surface area contributed by atoms with E-state index >= 15 is 0 Å². The Morgan fingerprint density at radius 2 is 1.65 bits per heavy atom. The van der Waals surface area contributed by atoms with Crippen molar-refractivity contribution in [2.45, 2.75) is 25.7 Å². The Balaban J connectivity index is 1.37. The van der Waals surface area contributed by atoms with Gasteiger partial charge >= 0.3 is 0 Å². The molecule has 2 aliphatic carbocycles. The van der Waals surface area contributed by atoms with E-state index in [0.717, 1.165) is 29.5 Å². The topological polar surface area (TPSA) is 38.3 Å². The first-order chi connectivity index (χ1) is 11.3. The second-order valence-electron chi connectivity index (χ2n) is 6.71. The van der Waals surface area contributed by atoms with Gasteiger partial charge in [-0.1, -0.05) is 24.6 Å². The maximum absolute atomic E-state index is 12.4. The molecule has 2 bridgehead atoms. The van der Waals surface area contributed by atoms with E-state index in [0.29, 0.717) is 5.92 Å². The Hall–Kier alpha value is -2.29. The summed E-state index contributed by atoms with van der Waals surface area (Å²) in [6, 6.07) is 17.3. The third kappa shape index (κ3) is 3.09. The number of hydrogen-bond acceptors (Lipinski definition) is 2. The van der Waals surface area contributed by atoms with Crippen molar-refractivity contribution in [1.82, 2.24) is 0 Å². The number of rotatable bonds is 4. The van der Waals surface area contributed by atoms with Crippen LogP contribution < -0.4 is 10.1 Å². The quantitative estimate of drug-likeness (QED) is 0.876. The second kappa shape index (κ2) is 6.07. The first kappa shape index (κ1) is 14.3. The van der Waals surface area contributed by atoms with Gasteiger partial charge in [0, 0.05) is 11.6 Å². The van der Waals surface area contributed by atoms with Crippen LogP contribution in [-0.2, 0) is 4.79 Å². The summed E-state index contributed by atoms with van der Waals surface area (Å²) >= 11 is 0. The maximum Gasteiger partial charge on any atom is 0.227 e. The molecule has 3 heteroatoms. The lowest BCUT2D eigenvalue weighted by Crippen LogP contribution is -2.27. The number of benzene rings is 2. The second-order valence-corrected chi connectivity index (χ2v) is 6.71. The van der Waals surface area contributed by atoms with E-state index in [4.69, 9.17) is 4.74 Å². The van der Waals surface area contributed by atoms with Crippen LogP contribution in [0.25, 0.3) is 0 Å². The minimum Gasteiger partial charge on any atom is -0.457 e. The summed E-state index contributed by atoms with van der Waals surface area (Å²) in [6.45, 7) is 0. The molecule has 0 heterocycles. The number of carbonyl (C=O) groups excluding carboxylic acids is 1. The molecule has 3 atom stereocenters. The molecule has 23 heavy (non-hydrogen) atoms. The summed E-state index contributed by atoms with van der Waals surface area (Å²) in [6.07, 6.45) is 4.88. The van der Waals surface area contributed by atoms with Gasteiger partial charge in [-0.05, 0) is 67.5 Å². The minimum absolute atomic E-state index is 0.189. The highest BCUT2D eigenvalue weighted by Crippen LogP contribution is 2.48. The molecule has 2 aromatic carbocycles. The monoisotopic (exact) mass is 307 g/mol. The van der Waals surface area contributed by atoms with E-state index in [9.17, 15) is 4.79 Å². The summed E-state index contributed by atoms with van der Waals surface area (Å²) in [5.41, 5.74) is 0.846. The van der Waals surface area contributed by atoms with Crippen LogP contribution in [0.5, 0.6) is 11.5 Å². The molecule has 0 saturated heterocycles. The Morgan fingerprint density at radius 3 is 2.30 bits per heavy atom. The van der Waals surface area contributed by atoms with E-state index in [-0.39, 0.29) is 11.8 Å². The summed E-state index contributed by atoms with van der Waals surface area (Å²) in [5, 5.41) is 3.07. The van der Waals surface area contributed by atoms with Crippen LogP contribution in [0.1, 0.15) is 25.7 Å². The van der Waals surface area contributed by atoms with Gasteiger partial charge < -0.3 is 10.1 Å². The predicted octanol–water partition coefficient (Wildman–Crippen LogP) is 4.85. The van der Waals surface area contributed by atoms with E-state index in [1.807, 2.05) is 54.6 Å². The van der Waals surface area contributed by atoms with Gasteiger partial charge in [-0.15, -0.1) is 0 Å². The Kier molecular flexibility index (Phi) is 3.78. The smallest absolute Gasteiger partial charge is 0.227 e. The normalized spacial score (nSPS) is 25.3. The van der Waals surface area contributed by atoms with Crippen molar-refractivity contribution in [2.24, 2.45) is 17.8 Å². The first-order valence-electron chi connectivity index (χ1n) is 8.42. The van der Waals surface area contributed by atoms with Crippen LogP contribution >= 0.6 is 0 Å². The summed E-state index contributed by atoms with van der Waals surface area (Å²) in [4.78, 5) is 12.4. The van der Waals surface area contributed by atoms with Gasteiger partial charge in [-0.2, -0.15) is 0 Å². The van der Waals surface area contributed by atoms with Gasteiger partial charge in [0.1, 0.15) is 11.5 Å². The zero-order valence-corrected chi connectivity index (χ0v) is 13.1. The lowest BCUT2D eigenvalue weighted by Gasteiger charge is -2.20. The van der Waals surface area contributed by atoms with Gasteiger partial charge in [0.2, 0.25) is 5.91 Å². The summed E-state index contributed by atoms with van der Waals surface area (Å²) in [5.74, 6) is 3.39. The highest BCUT2D eigenvalue weighted by Gasteiger charge is 2.42. The van der Waals surface area contributed by atoms with E-state index in [2.05, 4.69) is 5.32 Å². The highest BCUT2D eigenvalue weighted by atomic mass is 16.5. The van der Waals surface area contributed by atoms with E-state index < -0.39 is 0 Å². The van der Waals surface area contributed by atoms with Crippen molar-refractivity contribution >= 4 is 11.6 Å². The predicted molar refractivity (Wildman–Crippen MR) is 90.5 cm³/mol. The number of nitrogens with one attached hydrogen (secondary N) is 1. The van der Waals surface area contributed by atoms with Gasteiger partial charge in [0.25, 0.3) is 0 Å². The number of amides is 1. The summed E-state index contributed by atoms with van der Waals surface area (Å²) < 4.78 is 5.77. The standard InChI is InChI=1S/C20H21NO2/c22-20(19-13-14-6-7-15(19)12-14)21-16-8-10-18(11-9-16)23-17-4-2-1-3-5-17/h1-5,8-11,14-15,19H,6-7,12-13H2,(H,21,22)/t14-,15+,19+/m0/s1. The molecule has 0 radical (unpaired) electrons. The molecule has 0 aromatic heterocycles. The van der Waals surface area contributed by atoms with Crippen molar-refractivity contribution < 1.29 is 9.53 Å². The number of anilines is 1.